The third kappa shape index (κ3) is 3.92. The number of aromatic amines is 1. The molecule has 1 N–H and O–H groups in total. The van der Waals surface area contributed by atoms with Crippen LogP contribution in [0.5, 0.6) is 11.5 Å². The van der Waals surface area contributed by atoms with Gasteiger partial charge in [0.1, 0.15) is 11.5 Å². The minimum atomic E-state index is -4.41. The van der Waals surface area contributed by atoms with E-state index in [-0.39, 0.29) is 12.8 Å². The van der Waals surface area contributed by atoms with E-state index in [2.05, 4.69) is 34.1 Å². The number of hydrogen-bond acceptors (Lipinski definition) is 4. The number of aromatic nitrogens is 1. The monoisotopic (exact) mass is 516 g/mol. The number of halogens is 3. The average molecular weight is 517 g/mol. The highest BCUT2D eigenvalue weighted by molar-refractivity contribution is 5.85. The Morgan fingerprint density at radius 2 is 1.76 bits per heavy atom. The number of hydrogen-bond donors (Lipinski definition) is 1. The molecule has 192 valence electrons. The maximum absolute atomic E-state index is 13.2. The van der Waals surface area contributed by atoms with Crippen molar-refractivity contribution in [3.63, 3.8) is 0 Å². The van der Waals surface area contributed by atoms with Crippen LogP contribution >= 0.6 is 0 Å². The first kappa shape index (κ1) is 23.0. The molecular weight excluding hydrogens is 493 g/mol. The van der Waals surface area contributed by atoms with Crippen molar-refractivity contribution in [2.24, 2.45) is 0 Å². The topological polar surface area (TPSA) is 50.6 Å². The first-order valence-corrected chi connectivity index (χ1v) is 12.4. The van der Waals surface area contributed by atoms with Gasteiger partial charge in [0.2, 0.25) is 6.79 Å². The van der Waals surface area contributed by atoms with Gasteiger partial charge in [-0.1, -0.05) is 36.4 Å². The lowest BCUT2D eigenvalue weighted by molar-refractivity contribution is -0.137. The molecule has 0 amide bonds. The number of nitrogens with one attached hydrogen (secondary N) is 1. The van der Waals surface area contributed by atoms with E-state index in [1.807, 2.05) is 24.3 Å². The van der Waals surface area contributed by atoms with E-state index in [4.69, 9.17) is 13.9 Å². The molecule has 2 aliphatic rings. The van der Waals surface area contributed by atoms with E-state index in [1.165, 1.54) is 17.0 Å². The predicted molar refractivity (Wildman–Crippen MR) is 136 cm³/mol. The van der Waals surface area contributed by atoms with E-state index < -0.39 is 11.7 Å². The third-order valence-electron chi connectivity index (χ3n) is 7.34. The molecule has 8 heteroatoms. The minimum Gasteiger partial charge on any atom is -0.460 e. The summed E-state index contributed by atoms with van der Waals surface area (Å²) >= 11 is 0. The number of rotatable bonds is 4. The summed E-state index contributed by atoms with van der Waals surface area (Å²) < 4.78 is 57.0. The van der Waals surface area contributed by atoms with E-state index >= 15 is 0 Å². The van der Waals surface area contributed by atoms with Crippen molar-refractivity contribution >= 4 is 10.9 Å². The quantitative estimate of drug-likeness (QED) is 0.272. The highest BCUT2D eigenvalue weighted by atomic mass is 19.4. The number of fused-ring (bicyclic) bond motifs is 4. The molecule has 7 rings (SSSR count). The van der Waals surface area contributed by atoms with Crippen molar-refractivity contribution in [3.05, 3.63) is 107 Å². The van der Waals surface area contributed by atoms with Crippen LogP contribution < -0.4 is 9.47 Å². The fraction of sp³-hybridized carbons (Fsp3) is 0.200. The number of benzene rings is 3. The highest BCUT2D eigenvalue weighted by Gasteiger charge is 2.34. The van der Waals surface area contributed by atoms with Crippen LogP contribution in [0.4, 0.5) is 13.2 Å². The lowest BCUT2D eigenvalue weighted by atomic mass is 9.92. The largest absolute Gasteiger partial charge is 0.460 e. The van der Waals surface area contributed by atoms with Gasteiger partial charge >= 0.3 is 6.18 Å². The molecule has 0 saturated heterocycles. The number of nitrogens with zero attached hydrogens (tertiary/aromatic N) is 1. The number of H-pyrrole nitrogens is 1. The van der Waals surface area contributed by atoms with Gasteiger partial charge < -0.3 is 18.9 Å². The molecule has 0 radical (unpaired) electrons. The zero-order valence-corrected chi connectivity index (χ0v) is 20.2. The van der Waals surface area contributed by atoms with Gasteiger partial charge in [0.25, 0.3) is 0 Å². The lowest BCUT2D eigenvalue weighted by Gasteiger charge is -2.35. The molecule has 0 saturated carbocycles. The minimum absolute atomic E-state index is 0.0947. The third-order valence-corrected chi connectivity index (χ3v) is 7.34. The van der Waals surface area contributed by atoms with Gasteiger partial charge in [-0.15, -0.1) is 0 Å². The van der Waals surface area contributed by atoms with Crippen LogP contribution in [-0.4, -0.2) is 23.2 Å². The molecule has 5 nitrogen and oxygen atoms in total. The van der Waals surface area contributed by atoms with Crippen molar-refractivity contribution in [1.82, 2.24) is 9.88 Å². The highest BCUT2D eigenvalue weighted by Crippen LogP contribution is 2.43. The van der Waals surface area contributed by atoms with E-state index in [1.54, 1.807) is 12.1 Å². The Morgan fingerprint density at radius 3 is 2.66 bits per heavy atom. The van der Waals surface area contributed by atoms with Gasteiger partial charge in [-0.2, -0.15) is 13.2 Å². The van der Waals surface area contributed by atoms with Gasteiger partial charge in [-0.25, -0.2) is 0 Å². The van der Waals surface area contributed by atoms with E-state index in [0.29, 0.717) is 23.6 Å². The molecule has 2 aromatic heterocycles. The van der Waals surface area contributed by atoms with Crippen molar-refractivity contribution in [2.75, 3.05) is 13.3 Å². The molecule has 1 atom stereocenters. The standard InChI is InChI=1S/C30H23F3N2O3/c31-30(32,33)20-5-3-4-18(14-20)25-11-9-21(38-25)16-35-13-12-23-22-6-1-2-7-24(22)34-28(23)29(35)19-8-10-26-27(15-19)37-17-36-26/h1-11,14-15,29,34H,12-13,16-17H2. The Hall–Kier alpha value is -4.17. The van der Waals surface area contributed by atoms with Crippen LogP contribution in [0, 0.1) is 0 Å². The van der Waals surface area contributed by atoms with Crippen LogP contribution in [0.15, 0.2) is 83.3 Å². The Morgan fingerprint density at radius 1 is 0.895 bits per heavy atom. The molecule has 0 spiro atoms. The van der Waals surface area contributed by atoms with Gasteiger partial charge in [0.15, 0.2) is 11.5 Å². The summed E-state index contributed by atoms with van der Waals surface area (Å²) in [5, 5.41) is 1.22. The molecule has 0 bridgehead atoms. The summed E-state index contributed by atoms with van der Waals surface area (Å²) in [7, 11) is 0. The first-order valence-electron chi connectivity index (χ1n) is 12.4. The van der Waals surface area contributed by atoms with Crippen molar-refractivity contribution in [2.45, 2.75) is 25.2 Å². The number of furan rings is 1. The second-order valence-electron chi connectivity index (χ2n) is 9.64. The van der Waals surface area contributed by atoms with E-state index in [9.17, 15) is 13.2 Å². The summed E-state index contributed by atoms with van der Waals surface area (Å²) in [6.07, 6.45) is -3.55. The second kappa shape index (κ2) is 8.70. The Bertz CT molecular complexity index is 1650. The lowest BCUT2D eigenvalue weighted by Crippen LogP contribution is -2.35. The zero-order valence-electron chi connectivity index (χ0n) is 20.2. The van der Waals surface area contributed by atoms with Crippen molar-refractivity contribution < 1.29 is 27.1 Å². The van der Waals surface area contributed by atoms with Gasteiger partial charge in [-0.3, -0.25) is 4.90 Å². The smallest absolute Gasteiger partial charge is 0.416 e. The SMILES string of the molecule is FC(F)(F)c1cccc(-c2ccc(CN3CCc4c([nH]c5ccccc45)C3c3ccc4c(c3)OCO4)o2)c1. The molecule has 3 aromatic carbocycles. The summed E-state index contributed by atoms with van der Waals surface area (Å²) in [5.41, 5.74) is 4.28. The molecular formula is C30H23F3N2O3. The fourth-order valence-corrected chi connectivity index (χ4v) is 5.59. The first-order chi connectivity index (χ1) is 18.4. The summed E-state index contributed by atoms with van der Waals surface area (Å²) in [6.45, 7) is 1.48. The molecule has 0 aliphatic carbocycles. The summed E-state index contributed by atoms with van der Waals surface area (Å²) in [5.74, 6) is 2.54. The molecule has 4 heterocycles. The molecule has 1 unspecified atom stereocenters. The number of para-hydroxylation sites is 1. The summed E-state index contributed by atoms with van der Waals surface area (Å²) in [6, 6.07) is 23.0. The summed E-state index contributed by atoms with van der Waals surface area (Å²) in [4.78, 5) is 5.97. The molecule has 5 aromatic rings. The Kier molecular flexibility index (Phi) is 5.26. The maximum atomic E-state index is 13.2. The van der Waals surface area contributed by atoms with Gasteiger partial charge in [0.05, 0.1) is 18.2 Å². The van der Waals surface area contributed by atoms with Crippen LogP contribution in [0.1, 0.15) is 34.2 Å². The predicted octanol–water partition coefficient (Wildman–Crippen LogP) is 7.32. The van der Waals surface area contributed by atoms with E-state index in [0.717, 1.165) is 53.4 Å². The molecule has 2 aliphatic heterocycles. The van der Waals surface area contributed by atoms with Crippen LogP contribution in [0.25, 0.3) is 22.2 Å². The molecule has 38 heavy (non-hydrogen) atoms. The number of alkyl halides is 3. The molecule has 0 fully saturated rings. The Balaban J connectivity index is 1.25. The van der Waals surface area contributed by atoms with Crippen LogP contribution in [0.2, 0.25) is 0 Å². The van der Waals surface area contributed by atoms with Gasteiger partial charge in [-0.05, 0) is 60.0 Å². The van der Waals surface area contributed by atoms with Gasteiger partial charge in [0, 0.05) is 28.7 Å². The van der Waals surface area contributed by atoms with Crippen LogP contribution in [-0.2, 0) is 19.1 Å². The van der Waals surface area contributed by atoms with Crippen molar-refractivity contribution in [1.29, 1.82) is 0 Å². The van der Waals surface area contributed by atoms with Crippen LogP contribution in [0.3, 0.4) is 0 Å². The fourth-order valence-electron chi connectivity index (χ4n) is 5.59. The normalized spacial score (nSPS) is 17.2. The Labute approximate surface area is 216 Å². The van der Waals surface area contributed by atoms with Crippen molar-refractivity contribution in [3.8, 4) is 22.8 Å². The zero-order chi connectivity index (χ0) is 25.9. The number of ether oxygens (including phenoxy) is 2. The maximum Gasteiger partial charge on any atom is 0.416 e. The average Bonchev–Trinajstić information content (AvgIpc) is 3.66. The second-order valence-corrected chi connectivity index (χ2v) is 9.64.